The van der Waals surface area contributed by atoms with E-state index in [9.17, 15) is 4.79 Å². The molecule has 4 heteroatoms. The summed E-state index contributed by atoms with van der Waals surface area (Å²) in [5.41, 5.74) is -0.259. The topological polar surface area (TPSA) is 49.3 Å². The van der Waals surface area contributed by atoms with Gasteiger partial charge in [0, 0.05) is 0 Å². The summed E-state index contributed by atoms with van der Waals surface area (Å²) < 4.78 is 0. The molecule has 2 N–H and O–H groups in total. The largest absolute Gasteiger partial charge is 0.394 e. The Morgan fingerprint density at radius 2 is 2.30 bits per heavy atom. The van der Waals surface area contributed by atoms with Crippen LogP contribution in [0.4, 0.5) is 0 Å². The summed E-state index contributed by atoms with van der Waals surface area (Å²) >= 11 is 3.03. The average molecular weight is 208 g/mol. The number of carbonyl (C=O) groups excluding carboxylic acids is 1. The third kappa shape index (κ3) is 1.70. The second kappa shape index (κ2) is 2.88. The SMILES string of the molecule is O=C(CBr)NC1(CO)CC1. The van der Waals surface area contributed by atoms with E-state index in [4.69, 9.17) is 5.11 Å². The van der Waals surface area contributed by atoms with Crippen LogP contribution in [0.5, 0.6) is 0 Å². The van der Waals surface area contributed by atoms with Crippen LogP contribution in [0.25, 0.3) is 0 Å². The van der Waals surface area contributed by atoms with Gasteiger partial charge in [0.2, 0.25) is 5.91 Å². The van der Waals surface area contributed by atoms with Crippen molar-refractivity contribution in [2.75, 3.05) is 11.9 Å². The van der Waals surface area contributed by atoms with E-state index in [-0.39, 0.29) is 18.1 Å². The zero-order valence-electron chi connectivity index (χ0n) is 5.56. The van der Waals surface area contributed by atoms with Gasteiger partial charge < -0.3 is 10.4 Å². The van der Waals surface area contributed by atoms with Crippen molar-refractivity contribution in [1.82, 2.24) is 5.32 Å². The third-order valence-electron chi connectivity index (χ3n) is 1.68. The van der Waals surface area contributed by atoms with Crippen molar-refractivity contribution in [3.8, 4) is 0 Å². The molecular weight excluding hydrogens is 198 g/mol. The maximum absolute atomic E-state index is 10.8. The van der Waals surface area contributed by atoms with Crippen LogP contribution >= 0.6 is 15.9 Å². The monoisotopic (exact) mass is 207 g/mol. The average Bonchev–Trinajstić information content (AvgIpc) is 2.70. The lowest BCUT2D eigenvalue weighted by molar-refractivity contribution is -0.119. The zero-order chi connectivity index (χ0) is 7.61. The molecule has 0 aromatic heterocycles. The smallest absolute Gasteiger partial charge is 0.231 e. The number of aliphatic hydroxyl groups is 1. The van der Waals surface area contributed by atoms with E-state index in [2.05, 4.69) is 21.2 Å². The van der Waals surface area contributed by atoms with Crippen molar-refractivity contribution in [3.05, 3.63) is 0 Å². The first-order valence-corrected chi connectivity index (χ1v) is 4.32. The number of rotatable bonds is 3. The summed E-state index contributed by atoms with van der Waals surface area (Å²) in [4.78, 5) is 10.8. The number of halogens is 1. The first-order chi connectivity index (χ1) is 4.72. The molecule has 0 radical (unpaired) electrons. The predicted molar refractivity (Wildman–Crippen MR) is 41.0 cm³/mol. The fourth-order valence-electron chi connectivity index (χ4n) is 0.803. The lowest BCUT2D eigenvalue weighted by Crippen LogP contribution is -2.40. The van der Waals surface area contributed by atoms with E-state index >= 15 is 0 Å². The Balaban J connectivity index is 2.30. The molecule has 10 heavy (non-hydrogen) atoms. The van der Waals surface area contributed by atoms with Gasteiger partial charge in [0.25, 0.3) is 0 Å². The molecule has 1 aliphatic rings. The van der Waals surface area contributed by atoms with Gasteiger partial charge in [0.05, 0.1) is 17.5 Å². The minimum atomic E-state index is -0.259. The van der Waals surface area contributed by atoms with Crippen molar-refractivity contribution in [1.29, 1.82) is 0 Å². The molecule has 1 amide bonds. The van der Waals surface area contributed by atoms with Gasteiger partial charge in [-0.15, -0.1) is 0 Å². The fraction of sp³-hybridized carbons (Fsp3) is 0.833. The molecule has 0 aliphatic heterocycles. The molecule has 0 atom stereocenters. The van der Waals surface area contributed by atoms with E-state index in [1.165, 1.54) is 0 Å². The quantitative estimate of drug-likeness (QED) is 0.642. The van der Waals surface area contributed by atoms with Gasteiger partial charge in [0.15, 0.2) is 0 Å². The number of alkyl halides is 1. The second-order valence-corrected chi connectivity index (χ2v) is 3.18. The van der Waals surface area contributed by atoms with Crippen LogP contribution in [-0.2, 0) is 4.79 Å². The van der Waals surface area contributed by atoms with E-state index < -0.39 is 0 Å². The Morgan fingerprint density at radius 3 is 2.60 bits per heavy atom. The Morgan fingerprint density at radius 1 is 1.70 bits per heavy atom. The van der Waals surface area contributed by atoms with Crippen molar-refractivity contribution in [2.24, 2.45) is 0 Å². The molecule has 3 nitrogen and oxygen atoms in total. The highest BCUT2D eigenvalue weighted by Gasteiger charge is 2.43. The summed E-state index contributed by atoms with van der Waals surface area (Å²) in [5.74, 6) is -0.0495. The molecule has 0 saturated heterocycles. The van der Waals surface area contributed by atoms with Crippen molar-refractivity contribution in [3.63, 3.8) is 0 Å². The van der Waals surface area contributed by atoms with E-state index in [1.807, 2.05) is 0 Å². The molecule has 0 unspecified atom stereocenters. The minimum absolute atomic E-state index is 0.0495. The first-order valence-electron chi connectivity index (χ1n) is 3.20. The van der Waals surface area contributed by atoms with Crippen molar-refractivity contribution >= 4 is 21.8 Å². The number of amides is 1. The Bertz CT molecular complexity index is 145. The zero-order valence-corrected chi connectivity index (χ0v) is 7.15. The summed E-state index contributed by atoms with van der Waals surface area (Å²) in [6.07, 6.45) is 1.81. The molecule has 0 aromatic carbocycles. The highest BCUT2D eigenvalue weighted by molar-refractivity contribution is 9.09. The maximum Gasteiger partial charge on any atom is 0.231 e. The van der Waals surface area contributed by atoms with Crippen LogP contribution < -0.4 is 5.32 Å². The van der Waals surface area contributed by atoms with Gasteiger partial charge in [-0.2, -0.15) is 0 Å². The van der Waals surface area contributed by atoms with Crippen LogP contribution in [-0.4, -0.2) is 28.5 Å². The second-order valence-electron chi connectivity index (χ2n) is 2.62. The predicted octanol–water partition coefficient (Wildman–Crippen LogP) is 0.0224. The normalized spacial score (nSPS) is 20.2. The van der Waals surface area contributed by atoms with E-state index in [0.717, 1.165) is 12.8 Å². The van der Waals surface area contributed by atoms with Crippen molar-refractivity contribution < 1.29 is 9.90 Å². The fourth-order valence-corrected chi connectivity index (χ4v) is 0.943. The van der Waals surface area contributed by atoms with Crippen molar-refractivity contribution in [2.45, 2.75) is 18.4 Å². The molecular formula is C6H10BrNO2. The lowest BCUT2D eigenvalue weighted by Gasteiger charge is -2.12. The lowest BCUT2D eigenvalue weighted by atomic mass is 10.3. The van der Waals surface area contributed by atoms with E-state index in [1.54, 1.807) is 0 Å². The summed E-state index contributed by atoms with van der Waals surface area (Å²) in [6.45, 7) is 0.0613. The number of aliphatic hydroxyl groups excluding tert-OH is 1. The third-order valence-corrected chi connectivity index (χ3v) is 2.19. The van der Waals surface area contributed by atoms with Gasteiger partial charge in [-0.3, -0.25) is 4.79 Å². The Kier molecular flexibility index (Phi) is 2.31. The Labute approximate surface area is 67.9 Å². The standard InChI is InChI=1S/C6H10BrNO2/c7-3-5(10)8-6(4-9)1-2-6/h9H,1-4H2,(H,8,10). The van der Waals surface area contributed by atoms with Crippen LogP contribution in [0.2, 0.25) is 0 Å². The molecule has 1 saturated carbocycles. The molecule has 0 heterocycles. The van der Waals surface area contributed by atoms with Crippen LogP contribution in [0.3, 0.4) is 0 Å². The van der Waals surface area contributed by atoms with E-state index in [0.29, 0.717) is 5.33 Å². The van der Waals surface area contributed by atoms with Gasteiger partial charge in [-0.1, -0.05) is 15.9 Å². The van der Waals surface area contributed by atoms with Gasteiger partial charge >= 0.3 is 0 Å². The first kappa shape index (κ1) is 8.01. The van der Waals surface area contributed by atoms with Gasteiger partial charge in [0.1, 0.15) is 0 Å². The molecule has 0 bridgehead atoms. The summed E-state index contributed by atoms with van der Waals surface area (Å²) in [7, 11) is 0. The van der Waals surface area contributed by atoms with Crippen LogP contribution in [0.15, 0.2) is 0 Å². The number of hydrogen-bond donors (Lipinski definition) is 2. The highest BCUT2D eigenvalue weighted by atomic mass is 79.9. The van der Waals surface area contributed by atoms with Gasteiger partial charge in [-0.05, 0) is 12.8 Å². The number of hydrogen-bond acceptors (Lipinski definition) is 2. The van der Waals surface area contributed by atoms with Crippen LogP contribution in [0, 0.1) is 0 Å². The molecule has 1 rings (SSSR count). The Hall–Kier alpha value is -0.0900. The maximum atomic E-state index is 10.8. The number of carbonyl (C=O) groups is 1. The minimum Gasteiger partial charge on any atom is -0.394 e. The van der Waals surface area contributed by atoms with Crippen LogP contribution in [0.1, 0.15) is 12.8 Å². The highest BCUT2D eigenvalue weighted by Crippen LogP contribution is 2.34. The summed E-state index contributed by atoms with van der Waals surface area (Å²) in [6, 6.07) is 0. The molecule has 58 valence electrons. The summed E-state index contributed by atoms with van der Waals surface area (Å²) in [5, 5.41) is 11.8. The molecule has 1 aliphatic carbocycles. The van der Waals surface area contributed by atoms with Gasteiger partial charge in [-0.25, -0.2) is 0 Å². The molecule has 0 aromatic rings. The number of nitrogens with one attached hydrogen (secondary N) is 1. The molecule has 0 spiro atoms. The molecule has 1 fully saturated rings.